The fourth-order valence-electron chi connectivity index (χ4n) is 2.86. The molecule has 0 fully saturated rings. The molecule has 0 saturated carbocycles. The van der Waals surface area contributed by atoms with Crippen molar-refractivity contribution >= 4 is 29.1 Å². The van der Waals surface area contributed by atoms with Crippen molar-refractivity contribution in [2.45, 2.75) is 39.7 Å². The molecular weight excluding hydrogens is 412 g/mol. The van der Waals surface area contributed by atoms with Gasteiger partial charge in [-0.2, -0.15) is 9.64 Å². The molecule has 1 amide bonds. The first kappa shape index (κ1) is 22.1. The zero-order valence-corrected chi connectivity index (χ0v) is 18.5. The molecule has 158 valence electrons. The molecule has 0 atom stereocenters. The first-order valence-electron chi connectivity index (χ1n) is 9.61. The fraction of sp³-hybridized carbons (Fsp3) is 0.261. The number of rotatable bonds is 5. The third kappa shape index (κ3) is 5.74. The van der Waals surface area contributed by atoms with E-state index in [1.54, 1.807) is 70.3 Å². The number of nitrogens with one attached hydrogen (secondary N) is 1. The first-order valence-corrected chi connectivity index (χ1v) is 10.4. The van der Waals surface area contributed by atoms with Crippen LogP contribution in [0.3, 0.4) is 0 Å². The molecule has 0 bridgehead atoms. The summed E-state index contributed by atoms with van der Waals surface area (Å²) in [4.78, 5) is 30.1. The minimum absolute atomic E-state index is 0.289. The van der Waals surface area contributed by atoms with Crippen molar-refractivity contribution in [1.29, 1.82) is 5.26 Å². The van der Waals surface area contributed by atoms with Gasteiger partial charge in [0.1, 0.15) is 5.60 Å². The second kappa shape index (κ2) is 9.06. The van der Waals surface area contributed by atoms with Gasteiger partial charge < -0.3 is 10.1 Å². The van der Waals surface area contributed by atoms with E-state index in [1.807, 2.05) is 0 Å². The van der Waals surface area contributed by atoms with Crippen molar-refractivity contribution in [2.75, 3.05) is 5.32 Å². The number of nitrogens with zero attached hydrogens (tertiary/aromatic N) is 3. The van der Waals surface area contributed by atoms with Crippen LogP contribution in [0.2, 0.25) is 0 Å². The third-order valence-corrected chi connectivity index (χ3v) is 5.16. The van der Waals surface area contributed by atoms with E-state index < -0.39 is 11.6 Å². The number of carbonyl (C=O) groups is 2. The number of aromatic nitrogens is 2. The van der Waals surface area contributed by atoms with Gasteiger partial charge in [0.15, 0.2) is 0 Å². The average molecular weight is 435 g/mol. The van der Waals surface area contributed by atoms with Crippen LogP contribution in [-0.4, -0.2) is 26.8 Å². The summed E-state index contributed by atoms with van der Waals surface area (Å²) < 4.78 is 9.67. The number of anilines is 1. The number of carbonyl (C=O) groups excluding carboxylic acids is 2. The summed E-state index contributed by atoms with van der Waals surface area (Å²) >= 11 is 1.24. The van der Waals surface area contributed by atoms with Gasteiger partial charge in [0.05, 0.1) is 28.5 Å². The molecule has 1 N–H and O–H groups in total. The molecule has 31 heavy (non-hydrogen) atoms. The number of hydrogen-bond acceptors (Lipinski definition) is 7. The Bertz CT molecular complexity index is 1150. The number of pyridine rings is 1. The van der Waals surface area contributed by atoms with Gasteiger partial charge in [-0.05, 0) is 75.6 Å². The maximum atomic E-state index is 12.9. The maximum Gasteiger partial charge on any atom is 0.338 e. The molecule has 0 saturated heterocycles. The smallest absolute Gasteiger partial charge is 0.338 e. The number of nitriles is 1. The van der Waals surface area contributed by atoms with Crippen molar-refractivity contribution in [3.63, 3.8) is 0 Å². The highest BCUT2D eigenvalue weighted by Gasteiger charge is 2.20. The van der Waals surface area contributed by atoms with Gasteiger partial charge in [-0.3, -0.25) is 9.78 Å². The fourth-order valence-corrected chi connectivity index (χ4v) is 3.74. The number of aryl methyl sites for hydroxylation is 1. The van der Waals surface area contributed by atoms with Gasteiger partial charge in [0.2, 0.25) is 0 Å². The Kier molecular flexibility index (Phi) is 6.47. The van der Waals surface area contributed by atoms with E-state index in [-0.39, 0.29) is 5.91 Å². The highest BCUT2D eigenvalue weighted by molar-refractivity contribution is 7.06. The van der Waals surface area contributed by atoms with Gasteiger partial charge in [-0.25, -0.2) is 4.79 Å². The lowest BCUT2D eigenvalue weighted by Crippen LogP contribution is -2.23. The maximum absolute atomic E-state index is 12.9. The Balaban J connectivity index is 1.74. The quantitative estimate of drug-likeness (QED) is 0.592. The minimum Gasteiger partial charge on any atom is -0.456 e. The predicted octanol–water partition coefficient (Wildman–Crippen LogP) is 4.52. The van der Waals surface area contributed by atoms with Crippen LogP contribution in [-0.2, 0) is 11.2 Å². The van der Waals surface area contributed by atoms with E-state index in [0.717, 1.165) is 4.88 Å². The van der Waals surface area contributed by atoms with E-state index in [9.17, 15) is 9.59 Å². The second-order valence-corrected chi connectivity index (χ2v) is 8.78. The topological polar surface area (TPSA) is 105 Å². The van der Waals surface area contributed by atoms with Gasteiger partial charge in [-0.1, -0.05) is 0 Å². The highest BCUT2D eigenvalue weighted by atomic mass is 32.1. The van der Waals surface area contributed by atoms with Gasteiger partial charge in [-0.15, -0.1) is 0 Å². The summed E-state index contributed by atoms with van der Waals surface area (Å²) in [5, 5.41) is 11.9. The molecule has 0 aliphatic heterocycles. The van der Waals surface area contributed by atoms with Crippen molar-refractivity contribution < 1.29 is 14.3 Å². The van der Waals surface area contributed by atoms with E-state index in [4.69, 9.17) is 10.00 Å². The lowest BCUT2D eigenvalue weighted by molar-refractivity contribution is 0.00695. The van der Waals surface area contributed by atoms with Crippen LogP contribution in [0.4, 0.5) is 5.69 Å². The van der Waals surface area contributed by atoms with Crippen LogP contribution >= 0.6 is 11.5 Å². The second-order valence-electron chi connectivity index (χ2n) is 7.92. The van der Waals surface area contributed by atoms with Gasteiger partial charge in [0, 0.05) is 28.9 Å². The van der Waals surface area contributed by atoms with Crippen molar-refractivity contribution in [3.8, 4) is 6.07 Å². The largest absolute Gasteiger partial charge is 0.456 e. The van der Waals surface area contributed by atoms with Crippen LogP contribution in [0.15, 0.2) is 42.6 Å². The standard InChI is InChI=1S/C23H22N4O3S/c1-14-20(19(31-27-14)12-18-11-15(13-24)9-10-25-18)21(28)26-17-7-5-16(6-8-17)22(29)30-23(2,3)4/h5-11H,12H2,1-4H3,(H,26,28). The van der Waals surface area contributed by atoms with E-state index in [2.05, 4.69) is 20.7 Å². The summed E-state index contributed by atoms with van der Waals surface area (Å²) in [7, 11) is 0. The zero-order valence-electron chi connectivity index (χ0n) is 17.7. The Morgan fingerprint density at radius 3 is 2.55 bits per heavy atom. The van der Waals surface area contributed by atoms with Crippen LogP contribution in [0, 0.1) is 18.3 Å². The summed E-state index contributed by atoms with van der Waals surface area (Å²) in [5.74, 6) is -0.708. The Morgan fingerprint density at radius 1 is 1.19 bits per heavy atom. The summed E-state index contributed by atoms with van der Waals surface area (Å²) in [6.07, 6.45) is 1.98. The Hall–Kier alpha value is -3.57. The lowest BCUT2D eigenvalue weighted by Gasteiger charge is -2.19. The molecule has 0 radical (unpaired) electrons. The Morgan fingerprint density at radius 2 is 1.90 bits per heavy atom. The minimum atomic E-state index is -0.578. The number of hydrogen-bond donors (Lipinski definition) is 1. The number of amides is 1. The molecule has 0 aliphatic rings. The van der Waals surface area contributed by atoms with Crippen molar-refractivity contribution in [2.24, 2.45) is 0 Å². The first-order chi connectivity index (χ1) is 14.7. The summed E-state index contributed by atoms with van der Waals surface area (Å²) in [6.45, 7) is 7.20. The SMILES string of the molecule is Cc1nsc(Cc2cc(C#N)ccn2)c1C(=O)Nc1ccc(C(=O)OC(C)(C)C)cc1. The molecule has 0 spiro atoms. The molecule has 0 aliphatic carbocycles. The molecule has 0 unspecified atom stereocenters. The van der Waals surface area contributed by atoms with E-state index in [0.29, 0.717) is 40.2 Å². The third-order valence-electron chi connectivity index (χ3n) is 4.23. The molecule has 2 aromatic heterocycles. The highest BCUT2D eigenvalue weighted by Crippen LogP contribution is 2.23. The van der Waals surface area contributed by atoms with Crippen LogP contribution in [0.5, 0.6) is 0 Å². The summed E-state index contributed by atoms with van der Waals surface area (Å²) in [5.41, 5.74) is 2.71. The molecule has 1 aromatic carbocycles. The van der Waals surface area contributed by atoms with Gasteiger partial charge in [0.25, 0.3) is 5.91 Å². The number of ether oxygens (including phenoxy) is 1. The number of esters is 1. The predicted molar refractivity (Wildman–Crippen MR) is 118 cm³/mol. The van der Waals surface area contributed by atoms with E-state index in [1.165, 1.54) is 11.5 Å². The molecule has 7 nitrogen and oxygen atoms in total. The zero-order chi connectivity index (χ0) is 22.6. The molecule has 3 aromatic rings. The average Bonchev–Trinajstić information content (AvgIpc) is 3.07. The Labute approximate surface area is 184 Å². The summed E-state index contributed by atoms with van der Waals surface area (Å²) in [6, 6.07) is 12.0. The van der Waals surface area contributed by atoms with Crippen LogP contribution in [0.1, 0.15) is 63.3 Å². The van der Waals surface area contributed by atoms with Crippen LogP contribution in [0.25, 0.3) is 0 Å². The lowest BCUT2D eigenvalue weighted by atomic mass is 10.1. The monoisotopic (exact) mass is 434 g/mol. The van der Waals surface area contributed by atoms with E-state index >= 15 is 0 Å². The van der Waals surface area contributed by atoms with Gasteiger partial charge >= 0.3 is 5.97 Å². The van der Waals surface area contributed by atoms with Crippen LogP contribution < -0.4 is 5.32 Å². The van der Waals surface area contributed by atoms with Crippen molar-refractivity contribution in [1.82, 2.24) is 9.36 Å². The molecule has 2 heterocycles. The molecular formula is C23H22N4O3S. The normalized spacial score (nSPS) is 10.9. The van der Waals surface area contributed by atoms with Crippen molar-refractivity contribution in [3.05, 3.63) is 75.6 Å². The molecule has 8 heteroatoms. The molecule has 3 rings (SSSR count). The number of benzene rings is 1.